The summed E-state index contributed by atoms with van der Waals surface area (Å²) in [6, 6.07) is 11.0. The number of halogens is 3. The lowest BCUT2D eigenvalue weighted by Gasteiger charge is -2.12. The number of fused-ring (bicyclic) bond motifs is 1. The number of aromatic nitrogens is 2. The highest BCUT2D eigenvalue weighted by molar-refractivity contribution is 7.92. The van der Waals surface area contributed by atoms with Gasteiger partial charge < -0.3 is 10.3 Å². The van der Waals surface area contributed by atoms with Gasteiger partial charge in [-0.1, -0.05) is 19.1 Å². The summed E-state index contributed by atoms with van der Waals surface area (Å²) in [5.41, 5.74) is -0.134. The molecule has 0 unspecified atom stereocenters. The molecule has 0 bridgehead atoms. The lowest BCUT2D eigenvalue weighted by Crippen LogP contribution is -2.20. The van der Waals surface area contributed by atoms with Gasteiger partial charge in [0.25, 0.3) is 5.91 Å². The predicted molar refractivity (Wildman–Crippen MR) is 123 cm³/mol. The Bertz CT molecular complexity index is 1500. The second-order valence-corrected chi connectivity index (χ2v) is 9.33. The fourth-order valence-corrected chi connectivity index (χ4v) is 4.56. The zero-order chi connectivity index (χ0) is 24.5. The molecule has 0 fully saturated rings. The fourth-order valence-electron chi connectivity index (χ4n) is 3.43. The maximum atomic E-state index is 14.9. The number of carbonyl (C=O) groups is 1. The highest BCUT2D eigenvalue weighted by Gasteiger charge is 2.23. The first-order chi connectivity index (χ1) is 16.2. The summed E-state index contributed by atoms with van der Waals surface area (Å²) in [5, 5.41) is 2.89. The minimum atomic E-state index is -3.85. The van der Waals surface area contributed by atoms with Crippen molar-refractivity contribution in [2.75, 3.05) is 15.8 Å². The molecule has 3 N–H and O–H groups in total. The van der Waals surface area contributed by atoms with Gasteiger partial charge in [0.2, 0.25) is 10.0 Å². The molecule has 2 aromatic heterocycles. The Morgan fingerprint density at radius 3 is 2.56 bits per heavy atom. The fraction of sp³-hybridized carbons (Fsp3) is 0.130. The van der Waals surface area contributed by atoms with Gasteiger partial charge in [0.15, 0.2) is 5.82 Å². The second kappa shape index (κ2) is 9.18. The lowest BCUT2D eigenvalue weighted by atomic mass is 10.1. The Labute approximate surface area is 193 Å². The van der Waals surface area contributed by atoms with Crippen LogP contribution < -0.4 is 10.0 Å². The highest BCUT2D eigenvalue weighted by Crippen LogP contribution is 2.28. The number of hydrogen-bond acceptors (Lipinski definition) is 4. The van der Waals surface area contributed by atoms with Crippen molar-refractivity contribution in [2.24, 2.45) is 0 Å². The second-order valence-electron chi connectivity index (χ2n) is 7.48. The Balaban J connectivity index is 1.62. The lowest BCUT2D eigenvalue weighted by molar-refractivity contribution is 0.101. The van der Waals surface area contributed by atoms with Crippen molar-refractivity contribution in [1.29, 1.82) is 0 Å². The van der Waals surface area contributed by atoms with Crippen molar-refractivity contribution in [1.82, 2.24) is 9.97 Å². The number of nitrogens with one attached hydrogen (secondary N) is 3. The summed E-state index contributed by atoms with van der Waals surface area (Å²) < 4.78 is 69.2. The highest BCUT2D eigenvalue weighted by atomic mass is 32.2. The molecule has 2 heterocycles. The van der Waals surface area contributed by atoms with E-state index >= 15 is 0 Å². The van der Waals surface area contributed by atoms with Gasteiger partial charge >= 0.3 is 0 Å². The van der Waals surface area contributed by atoms with E-state index in [0.29, 0.717) is 28.7 Å². The topological polar surface area (TPSA) is 104 Å². The van der Waals surface area contributed by atoms with Crippen molar-refractivity contribution >= 4 is 38.3 Å². The zero-order valence-electron chi connectivity index (χ0n) is 17.8. The monoisotopic (exact) mass is 488 g/mol. The van der Waals surface area contributed by atoms with Gasteiger partial charge in [-0.2, -0.15) is 0 Å². The number of nitrogens with zero attached hydrogens (tertiary/aromatic N) is 1. The Hall–Kier alpha value is -3.86. The van der Waals surface area contributed by atoms with E-state index in [1.165, 1.54) is 18.3 Å². The van der Waals surface area contributed by atoms with Crippen molar-refractivity contribution in [3.05, 3.63) is 77.7 Å². The minimum absolute atomic E-state index is 0.132. The smallest absolute Gasteiger partial charge is 0.261 e. The van der Waals surface area contributed by atoms with Gasteiger partial charge in [0, 0.05) is 10.9 Å². The number of benzene rings is 2. The largest absolute Gasteiger partial charge is 0.339 e. The van der Waals surface area contributed by atoms with Crippen molar-refractivity contribution < 1.29 is 26.4 Å². The zero-order valence-corrected chi connectivity index (χ0v) is 18.6. The van der Waals surface area contributed by atoms with Crippen LogP contribution in [0, 0.1) is 17.5 Å². The van der Waals surface area contributed by atoms with Crippen LogP contribution in [0.1, 0.15) is 23.7 Å². The van der Waals surface area contributed by atoms with Crippen molar-refractivity contribution in [3.63, 3.8) is 0 Å². The van der Waals surface area contributed by atoms with Gasteiger partial charge in [-0.15, -0.1) is 0 Å². The van der Waals surface area contributed by atoms with Gasteiger partial charge in [-0.05, 0) is 42.8 Å². The van der Waals surface area contributed by atoms with Gasteiger partial charge in [0.05, 0.1) is 29.0 Å². The molecule has 0 atom stereocenters. The molecule has 0 spiro atoms. The molecule has 0 radical (unpaired) electrons. The molecule has 0 aliphatic carbocycles. The van der Waals surface area contributed by atoms with Crippen LogP contribution >= 0.6 is 0 Å². The summed E-state index contributed by atoms with van der Waals surface area (Å²) in [6.45, 7) is 1.63. The first-order valence-corrected chi connectivity index (χ1v) is 11.9. The summed E-state index contributed by atoms with van der Waals surface area (Å²) in [5.74, 6) is -4.32. The van der Waals surface area contributed by atoms with Crippen LogP contribution in [0.5, 0.6) is 0 Å². The molecule has 34 heavy (non-hydrogen) atoms. The average Bonchev–Trinajstić information content (AvgIpc) is 3.19. The molecule has 4 aromatic rings. The van der Waals surface area contributed by atoms with Gasteiger partial charge in [-0.25, -0.2) is 26.6 Å². The molecule has 4 rings (SSSR count). The number of carbonyl (C=O) groups excluding carboxylic acids is 1. The number of rotatable bonds is 7. The number of sulfonamides is 1. The van der Waals surface area contributed by atoms with E-state index in [1.807, 2.05) is 4.72 Å². The quantitative estimate of drug-likeness (QED) is 0.339. The normalized spacial score (nSPS) is 11.5. The molecule has 0 aliphatic rings. The summed E-state index contributed by atoms with van der Waals surface area (Å²) in [7, 11) is -3.85. The minimum Gasteiger partial charge on any atom is -0.339 e. The van der Waals surface area contributed by atoms with E-state index in [-0.39, 0.29) is 11.4 Å². The summed E-state index contributed by atoms with van der Waals surface area (Å²) in [4.78, 5) is 19.8. The van der Waals surface area contributed by atoms with Crippen LogP contribution in [0.25, 0.3) is 22.3 Å². The Kier molecular flexibility index (Phi) is 6.29. The summed E-state index contributed by atoms with van der Waals surface area (Å²) >= 11 is 0. The van der Waals surface area contributed by atoms with Crippen LogP contribution in [-0.4, -0.2) is 30.0 Å². The predicted octanol–water partition coefficient (Wildman–Crippen LogP) is 5.05. The first kappa shape index (κ1) is 23.3. The van der Waals surface area contributed by atoms with E-state index in [0.717, 1.165) is 12.1 Å². The van der Waals surface area contributed by atoms with E-state index in [2.05, 4.69) is 15.3 Å². The molecule has 0 saturated heterocycles. The van der Waals surface area contributed by atoms with E-state index in [1.54, 1.807) is 31.2 Å². The molecule has 2 aromatic carbocycles. The standard InChI is InChI=1S/C23H19F3N4O3S/c1-2-9-34(32,33)30-18-8-7-17(25)20(21(18)26)23(31)28-14-10-13-11-19(29-22(13)27-12-14)15-5-3-4-6-16(15)24/h3-8,10-12,30H,2,9H2,1H3,(H,27,29)(H,28,31). The average molecular weight is 488 g/mol. The SMILES string of the molecule is CCCS(=O)(=O)Nc1ccc(F)c(C(=O)Nc2cnc3[nH]c(-c4ccccc4F)cc3c2)c1F. The first-order valence-electron chi connectivity index (χ1n) is 10.2. The molecular weight excluding hydrogens is 469 g/mol. The molecule has 1 amide bonds. The van der Waals surface area contributed by atoms with Crippen LogP contribution in [0.2, 0.25) is 0 Å². The number of hydrogen-bond donors (Lipinski definition) is 3. The number of anilines is 2. The molecule has 11 heteroatoms. The van der Waals surface area contributed by atoms with Crippen LogP contribution in [0.3, 0.4) is 0 Å². The Morgan fingerprint density at radius 2 is 1.82 bits per heavy atom. The van der Waals surface area contributed by atoms with Crippen molar-refractivity contribution in [2.45, 2.75) is 13.3 Å². The maximum absolute atomic E-state index is 14.9. The molecule has 0 aliphatic heterocycles. The van der Waals surface area contributed by atoms with Crippen LogP contribution in [-0.2, 0) is 10.0 Å². The number of pyridine rings is 1. The van der Waals surface area contributed by atoms with Crippen LogP contribution in [0.4, 0.5) is 24.5 Å². The third kappa shape index (κ3) is 4.74. The Morgan fingerprint density at radius 1 is 1.06 bits per heavy atom. The number of aromatic amines is 1. The number of H-pyrrole nitrogens is 1. The molecular formula is C23H19F3N4O3S. The van der Waals surface area contributed by atoms with E-state index in [9.17, 15) is 26.4 Å². The summed E-state index contributed by atoms with van der Waals surface area (Å²) in [6.07, 6.45) is 1.56. The van der Waals surface area contributed by atoms with E-state index in [4.69, 9.17) is 0 Å². The molecule has 176 valence electrons. The molecule has 0 saturated carbocycles. The van der Waals surface area contributed by atoms with Gasteiger partial charge in [-0.3, -0.25) is 9.52 Å². The van der Waals surface area contributed by atoms with Gasteiger partial charge in [0.1, 0.15) is 22.8 Å². The van der Waals surface area contributed by atoms with Crippen LogP contribution in [0.15, 0.2) is 54.7 Å². The number of amides is 1. The molecule has 7 nitrogen and oxygen atoms in total. The maximum Gasteiger partial charge on any atom is 0.261 e. The third-order valence-electron chi connectivity index (χ3n) is 4.95. The third-order valence-corrected chi connectivity index (χ3v) is 6.43. The van der Waals surface area contributed by atoms with E-state index < -0.39 is 44.6 Å². The van der Waals surface area contributed by atoms with Crippen molar-refractivity contribution in [3.8, 4) is 11.3 Å².